The molecule has 4 nitrogen and oxygen atoms in total. The van der Waals surface area contributed by atoms with Crippen molar-refractivity contribution in [2.24, 2.45) is 0 Å². The molecule has 1 aromatic carbocycles. The summed E-state index contributed by atoms with van der Waals surface area (Å²) in [6, 6.07) is 7.44. The Kier molecular flexibility index (Phi) is 4.78. The number of para-hydroxylation sites is 1. The van der Waals surface area contributed by atoms with Gasteiger partial charge in [-0.1, -0.05) is 19.1 Å². The van der Waals surface area contributed by atoms with Crippen LogP contribution >= 0.6 is 0 Å². The van der Waals surface area contributed by atoms with E-state index in [2.05, 4.69) is 11.8 Å². The molecule has 0 spiro atoms. The zero-order chi connectivity index (χ0) is 14.6. The Morgan fingerprint density at radius 2 is 2.00 bits per heavy atom. The van der Waals surface area contributed by atoms with Gasteiger partial charge in [-0.3, -0.25) is 9.69 Å². The predicted molar refractivity (Wildman–Crippen MR) is 78.4 cm³/mol. The molecule has 2 rings (SSSR count). The summed E-state index contributed by atoms with van der Waals surface area (Å²) in [6.45, 7) is 7.05. The summed E-state index contributed by atoms with van der Waals surface area (Å²) in [7, 11) is 1.60. The van der Waals surface area contributed by atoms with E-state index in [9.17, 15) is 4.79 Å². The first-order valence-corrected chi connectivity index (χ1v) is 7.14. The summed E-state index contributed by atoms with van der Waals surface area (Å²) in [5, 5.41) is 0. The molecule has 20 heavy (non-hydrogen) atoms. The van der Waals surface area contributed by atoms with Crippen molar-refractivity contribution >= 4 is 5.78 Å². The summed E-state index contributed by atoms with van der Waals surface area (Å²) < 4.78 is 10.7. The van der Waals surface area contributed by atoms with Gasteiger partial charge in [-0.25, -0.2) is 0 Å². The molecule has 0 aromatic heterocycles. The van der Waals surface area contributed by atoms with Crippen LogP contribution in [0.3, 0.4) is 0 Å². The van der Waals surface area contributed by atoms with Crippen LogP contribution in [0.4, 0.5) is 0 Å². The Labute approximate surface area is 120 Å². The highest BCUT2D eigenvalue weighted by atomic mass is 16.5. The minimum absolute atomic E-state index is 0.124. The SMILES string of the molecule is CCC(C)(C(=O)c1ccccc1OC)N1CCOCC1. The fourth-order valence-corrected chi connectivity index (χ4v) is 2.71. The van der Waals surface area contributed by atoms with E-state index in [1.54, 1.807) is 7.11 Å². The van der Waals surface area contributed by atoms with Crippen LogP contribution in [0.25, 0.3) is 0 Å². The zero-order valence-electron chi connectivity index (χ0n) is 12.5. The number of hydrogen-bond acceptors (Lipinski definition) is 4. The number of morpholine rings is 1. The van der Waals surface area contributed by atoms with Crippen LogP contribution in [0.1, 0.15) is 30.6 Å². The van der Waals surface area contributed by atoms with Crippen LogP contribution in [0.2, 0.25) is 0 Å². The smallest absolute Gasteiger partial charge is 0.186 e. The minimum atomic E-state index is -0.502. The average Bonchev–Trinajstić information content (AvgIpc) is 2.54. The Balaban J connectivity index is 2.32. The van der Waals surface area contributed by atoms with Crippen molar-refractivity contribution in [2.45, 2.75) is 25.8 Å². The second kappa shape index (κ2) is 6.37. The van der Waals surface area contributed by atoms with E-state index in [4.69, 9.17) is 9.47 Å². The third-order valence-electron chi connectivity index (χ3n) is 4.24. The fourth-order valence-electron chi connectivity index (χ4n) is 2.71. The number of Topliss-reactive ketones (excluding diaryl/α,β-unsaturated/α-hetero) is 1. The number of nitrogens with zero attached hydrogens (tertiary/aromatic N) is 1. The number of methoxy groups -OCH3 is 1. The number of hydrogen-bond donors (Lipinski definition) is 0. The highest BCUT2D eigenvalue weighted by Gasteiger charge is 2.39. The largest absolute Gasteiger partial charge is 0.496 e. The zero-order valence-corrected chi connectivity index (χ0v) is 12.5. The lowest BCUT2D eigenvalue weighted by atomic mass is 9.86. The number of rotatable bonds is 5. The van der Waals surface area contributed by atoms with Crippen LogP contribution in [-0.4, -0.2) is 49.6 Å². The van der Waals surface area contributed by atoms with E-state index in [0.717, 1.165) is 19.5 Å². The van der Waals surface area contributed by atoms with Crippen molar-refractivity contribution in [3.8, 4) is 5.75 Å². The Morgan fingerprint density at radius 3 is 2.60 bits per heavy atom. The van der Waals surface area contributed by atoms with Gasteiger partial charge >= 0.3 is 0 Å². The maximum atomic E-state index is 13.0. The van der Waals surface area contributed by atoms with E-state index >= 15 is 0 Å². The van der Waals surface area contributed by atoms with E-state index in [-0.39, 0.29) is 5.78 Å². The molecule has 0 radical (unpaired) electrons. The lowest BCUT2D eigenvalue weighted by Gasteiger charge is -2.41. The predicted octanol–water partition coefficient (Wildman–Crippen LogP) is 2.38. The number of benzene rings is 1. The maximum absolute atomic E-state index is 13.0. The van der Waals surface area contributed by atoms with Crippen LogP contribution in [0, 0.1) is 0 Å². The van der Waals surface area contributed by atoms with Gasteiger partial charge in [0.05, 0.1) is 31.4 Å². The van der Waals surface area contributed by atoms with E-state index < -0.39 is 5.54 Å². The van der Waals surface area contributed by atoms with Crippen molar-refractivity contribution in [1.29, 1.82) is 0 Å². The third-order valence-corrected chi connectivity index (χ3v) is 4.24. The van der Waals surface area contributed by atoms with Gasteiger partial charge < -0.3 is 9.47 Å². The second-order valence-electron chi connectivity index (χ2n) is 5.26. The molecule has 1 atom stereocenters. The maximum Gasteiger partial charge on any atom is 0.186 e. The lowest BCUT2D eigenvalue weighted by Crippen LogP contribution is -2.56. The standard InChI is InChI=1S/C16H23NO3/c1-4-16(2,17-9-11-20-12-10-17)15(18)13-7-5-6-8-14(13)19-3/h5-8H,4,9-12H2,1-3H3. The van der Waals surface area contributed by atoms with Gasteiger partial charge in [0.15, 0.2) is 5.78 Å². The molecular formula is C16H23NO3. The molecule has 1 aliphatic heterocycles. The van der Waals surface area contributed by atoms with Crippen LogP contribution in [0.5, 0.6) is 5.75 Å². The summed E-state index contributed by atoms with van der Waals surface area (Å²) in [5.74, 6) is 0.768. The summed E-state index contributed by atoms with van der Waals surface area (Å²) in [4.78, 5) is 15.2. The molecule has 0 N–H and O–H groups in total. The van der Waals surface area contributed by atoms with E-state index in [1.807, 2.05) is 31.2 Å². The average molecular weight is 277 g/mol. The molecule has 1 unspecified atom stereocenters. The first kappa shape index (κ1) is 15.0. The van der Waals surface area contributed by atoms with Gasteiger partial charge in [0.2, 0.25) is 0 Å². The van der Waals surface area contributed by atoms with Crippen molar-refractivity contribution < 1.29 is 14.3 Å². The van der Waals surface area contributed by atoms with Crippen LogP contribution in [0.15, 0.2) is 24.3 Å². The number of carbonyl (C=O) groups excluding carboxylic acids is 1. The highest BCUT2D eigenvalue weighted by molar-refractivity contribution is 6.05. The molecule has 1 saturated heterocycles. The Hall–Kier alpha value is -1.39. The Bertz CT molecular complexity index is 469. The summed E-state index contributed by atoms with van der Waals surface area (Å²) >= 11 is 0. The molecule has 1 heterocycles. The molecule has 110 valence electrons. The molecular weight excluding hydrogens is 254 g/mol. The molecule has 1 fully saturated rings. The van der Waals surface area contributed by atoms with Gasteiger partial charge in [0, 0.05) is 13.1 Å². The monoisotopic (exact) mass is 277 g/mol. The van der Waals surface area contributed by atoms with Gasteiger partial charge in [0.1, 0.15) is 5.75 Å². The molecule has 0 amide bonds. The molecule has 0 aliphatic carbocycles. The number of carbonyl (C=O) groups is 1. The van der Waals surface area contributed by atoms with E-state index in [0.29, 0.717) is 24.5 Å². The van der Waals surface area contributed by atoms with Crippen LogP contribution in [-0.2, 0) is 4.74 Å². The van der Waals surface area contributed by atoms with E-state index in [1.165, 1.54) is 0 Å². The first-order chi connectivity index (χ1) is 9.63. The third kappa shape index (κ3) is 2.72. The quantitative estimate of drug-likeness (QED) is 0.775. The summed E-state index contributed by atoms with van der Waals surface area (Å²) in [5.41, 5.74) is 0.157. The van der Waals surface area contributed by atoms with Gasteiger partial charge in [-0.05, 0) is 25.5 Å². The van der Waals surface area contributed by atoms with Crippen molar-refractivity contribution in [2.75, 3.05) is 33.4 Å². The first-order valence-electron chi connectivity index (χ1n) is 7.14. The normalized spacial score (nSPS) is 19.4. The van der Waals surface area contributed by atoms with Crippen molar-refractivity contribution in [3.05, 3.63) is 29.8 Å². The number of ketones is 1. The second-order valence-corrected chi connectivity index (χ2v) is 5.26. The molecule has 1 aromatic rings. The lowest BCUT2D eigenvalue weighted by molar-refractivity contribution is -0.0107. The van der Waals surface area contributed by atoms with Gasteiger partial charge in [0.25, 0.3) is 0 Å². The van der Waals surface area contributed by atoms with Crippen molar-refractivity contribution in [1.82, 2.24) is 4.90 Å². The van der Waals surface area contributed by atoms with Crippen LogP contribution < -0.4 is 4.74 Å². The highest BCUT2D eigenvalue weighted by Crippen LogP contribution is 2.29. The molecule has 0 bridgehead atoms. The molecule has 0 saturated carbocycles. The fraction of sp³-hybridized carbons (Fsp3) is 0.562. The minimum Gasteiger partial charge on any atom is -0.496 e. The number of ether oxygens (including phenoxy) is 2. The molecule has 4 heteroatoms. The Morgan fingerprint density at radius 1 is 1.35 bits per heavy atom. The van der Waals surface area contributed by atoms with Gasteiger partial charge in [-0.2, -0.15) is 0 Å². The van der Waals surface area contributed by atoms with Gasteiger partial charge in [-0.15, -0.1) is 0 Å². The molecule has 1 aliphatic rings. The topological polar surface area (TPSA) is 38.8 Å². The van der Waals surface area contributed by atoms with Crippen molar-refractivity contribution in [3.63, 3.8) is 0 Å². The summed E-state index contributed by atoms with van der Waals surface area (Å²) in [6.07, 6.45) is 0.768.